The molecule has 1 heterocycles. The zero-order valence-electron chi connectivity index (χ0n) is 19.7. The lowest BCUT2D eigenvalue weighted by Crippen LogP contribution is -3.00. The number of carbonyl (C=O) groups excluding carboxylic acids is 1. The molecule has 0 aliphatic carbocycles. The number of ether oxygens (including phenoxy) is 2. The van der Waals surface area contributed by atoms with E-state index in [1.165, 1.54) is 6.92 Å². The van der Waals surface area contributed by atoms with Gasteiger partial charge in [0, 0.05) is 32.6 Å². The molecule has 10 heteroatoms. The molecule has 4 aromatic rings. The van der Waals surface area contributed by atoms with E-state index >= 15 is 0 Å². The van der Waals surface area contributed by atoms with Crippen molar-refractivity contribution in [1.82, 2.24) is 4.57 Å². The first-order valence-corrected chi connectivity index (χ1v) is 12.6. The number of rotatable bonds is 9. The van der Waals surface area contributed by atoms with Gasteiger partial charge in [0.05, 0.1) is 6.61 Å². The molecule has 194 valence electrons. The lowest BCUT2D eigenvalue weighted by Gasteiger charge is -2.19. The Morgan fingerprint density at radius 1 is 0.946 bits per heavy atom. The van der Waals surface area contributed by atoms with Crippen LogP contribution in [0.15, 0.2) is 79.4 Å². The highest BCUT2D eigenvalue weighted by atomic mass is 79.9. The summed E-state index contributed by atoms with van der Waals surface area (Å²) in [5.74, 6) is 0.180. The van der Waals surface area contributed by atoms with Crippen LogP contribution < -0.4 is 26.3 Å². The van der Waals surface area contributed by atoms with Gasteiger partial charge < -0.3 is 26.5 Å². The van der Waals surface area contributed by atoms with Crippen molar-refractivity contribution < 1.29 is 35.8 Å². The summed E-state index contributed by atoms with van der Waals surface area (Å²) in [5.41, 5.74) is 2.72. The molecular formula is C27H23BrCl4N2O3. The Morgan fingerprint density at radius 3 is 2.27 bits per heavy atom. The SMILES string of the molecule is CC(=O)Oc1ccc(C[n+]2ccn(CC(OCc3ccc(Cl)cc3Cl)c3ccc(Cl)cc3Cl)c2)cc1.[Br-]. The number of halogens is 5. The summed E-state index contributed by atoms with van der Waals surface area (Å²) >= 11 is 25.0. The first-order chi connectivity index (χ1) is 17.3. The fourth-order valence-corrected chi connectivity index (χ4v) is 4.70. The van der Waals surface area contributed by atoms with Gasteiger partial charge in [-0.3, -0.25) is 4.79 Å². The maximum atomic E-state index is 11.1. The van der Waals surface area contributed by atoms with Crippen LogP contribution in [0.2, 0.25) is 20.1 Å². The number of esters is 1. The number of hydrogen-bond acceptors (Lipinski definition) is 3. The molecule has 0 radical (unpaired) electrons. The van der Waals surface area contributed by atoms with E-state index in [0.717, 1.165) is 16.7 Å². The smallest absolute Gasteiger partial charge is 0.308 e. The summed E-state index contributed by atoms with van der Waals surface area (Å²) in [5, 5.41) is 2.20. The standard InChI is InChI=1S/C27H23Cl4N2O3.BrH/c1-18(34)36-23-7-2-19(3-8-23)14-32-10-11-33(17-32)15-27(24-9-6-22(29)13-26(24)31)35-16-20-4-5-21(28)12-25(20)30;/h2-13,17,27H,14-16H2,1H3;1H/q+1;/p-1. The Morgan fingerprint density at radius 2 is 1.62 bits per heavy atom. The molecule has 5 nitrogen and oxygen atoms in total. The lowest BCUT2D eigenvalue weighted by molar-refractivity contribution is -0.687. The van der Waals surface area contributed by atoms with E-state index < -0.39 is 0 Å². The maximum absolute atomic E-state index is 11.1. The molecule has 4 rings (SSSR count). The average molecular weight is 645 g/mol. The molecule has 37 heavy (non-hydrogen) atoms. The topological polar surface area (TPSA) is 44.3 Å². The Kier molecular flexibility index (Phi) is 10.9. The van der Waals surface area contributed by atoms with Gasteiger partial charge in [-0.1, -0.05) is 70.7 Å². The normalized spacial score (nSPS) is 11.6. The Labute approximate surface area is 246 Å². The molecule has 3 aromatic carbocycles. The molecule has 1 aromatic heterocycles. The number of imidazole rings is 1. The van der Waals surface area contributed by atoms with Gasteiger partial charge in [0.1, 0.15) is 37.3 Å². The van der Waals surface area contributed by atoms with Gasteiger partial charge in [0.25, 0.3) is 0 Å². The largest absolute Gasteiger partial charge is 1.00 e. The monoisotopic (exact) mass is 642 g/mol. The highest BCUT2D eigenvalue weighted by Gasteiger charge is 2.21. The molecule has 0 bridgehead atoms. The summed E-state index contributed by atoms with van der Waals surface area (Å²) in [4.78, 5) is 11.1. The second-order valence-electron chi connectivity index (χ2n) is 8.22. The van der Waals surface area contributed by atoms with Crippen LogP contribution in [0, 0.1) is 0 Å². The second-order valence-corrected chi connectivity index (χ2v) is 9.91. The van der Waals surface area contributed by atoms with E-state index in [0.29, 0.717) is 38.9 Å². The minimum Gasteiger partial charge on any atom is -1.00 e. The second kappa shape index (κ2) is 13.7. The number of aromatic nitrogens is 2. The van der Waals surface area contributed by atoms with Gasteiger partial charge in [-0.15, -0.1) is 0 Å². The van der Waals surface area contributed by atoms with Crippen molar-refractivity contribution in [3.63, 3.8) is 0 Å². The van der Waals surface area contributed by atoms with Crippen molar-refractivity contribution >= 4 is 52.4 Å². The Bertz CT molecular complexity index is 1360. The van der Waals surface area contributed by atoms with Crippen molar-refractivity contribution in [3.05, 3.63) is 116 Å². The highest BCUT2D eigenvalue weighted by Crippen LogP contribution is 2.31. The predicted molar refractivity (Wildman–Crippen MR) is 142 cm³/mol. The molecular weight excluding hydrogens is 622 g/mol. The summed E-state index contributed by atoms with van der Waals surface area (Å²) in [6, 6.07) is 18.1. The molecule has 0 N–H and O–H groups in total. The molecule has 0 saturated heterocycles. The zero-order chi connectivity index (χ0) is 25.7. The van der Waals surface area contributed by atoms with Crippen molar-refractivity contribution in [3.8, 4) is 5.75 Å². The van der Waals surface area contributed by atoms with Gasteiger partial charge in [-0.25, -0.2) is 9.13 Å². The van der Waals surface area contributed by atoms with Gasteiger partial charge in [0.2, 0.25) is 6.33 Å². The van der Waals surface area contributed by atoms with Crippen LogP contribution in [0.4, 0.5) is 0 Å². The van der Waals surface area contributed by atoms with E-state index in [2.05, 4.69) is 4.57 Å². The molecule has 0 saturated carbocycles. The Balaban J connectivity index is 0.00000380. The molecule has 0 fully saturated rings. The van der Waals surface area contributed by atoms with Crippen LogP contribution in [0.5, 0.6) is 5.75 Å². The summed E-state index contributed by atoms with van der Waals surface area (Å²) < 4.78 is 15.5. The summed E-state index contributed by atoms with van der Waals surface area (Å²) in [6.07, 6.45) is 5.60. The molecule has 1 atom stereocenters. The first-order valence-electron chi connectivity index (χ1n) is 11.1. The maximum Gasteiger partial charge on any atom is 0.308 e. The quantitative estimate of drug-likeness (QED) is 0.155. The molecule has 0 aliphatic rings. The first kappa shape index (κ1) is 29.5. The summed E-state index contributed by atoms with van der Waals surface area (Å²) in [6.45, 7) is 2.84. The third kappa shape index (κ3) is 8.47. The van der Waals surface area contributed by atoms with Crippen LogP contribution in [0.1, 0.15) is 29.7 Å². The zero-order valence-corrected chi connectivity index (χ0v) is 24.3. The van der Waals surface area contributed by atoms with Gasteiger partial charge in [-0.05, 0) is 47.5 Å². The van der Waals surface area contributed by atoms with Crippen molar-refractivity contribution in [1.29, 1.82) is 0 Å². The third-order valence-electron chi connectivity index (χ3n) is 5.44. The van der Waals surface area contributed by atoms with E-state index in [1.807, 2.05) is 47.6 Å². The fourth-order valence-electron chi connectivity index (χ4n) is 3.70. The van der Waals surface area contributed by atoms with Crippen molar-refractivity contribution in [2.75, 3.05) is 0 Å². The summed E-state index contributed by atoms with van der Waals surface area (Å²) in [7, 11) is 0. The highest BCUT2D eigenvalue weighted by molar-refractivity contribution is 6.35. The van der Waals surface area contributed by atoms with Crippen molar-refractivity contribution in [2.24, 2.45) is 0 Å². The number of hydrogen-bond donors (Lipinski definition) is 0. The molecule has 1 unspecified atom stereocenters. The average Bonchev–Trinajstić information content (AvgIpc) is 3.25. The predicted octanol–water partition coefficient (Wildman–Crippen LogP) is 4.32. The van der Waals surface area contributed by atoms with Crippen LogP contribution in [0.3, 0.4) is 0 Å². The number of nitrogens with zero attached hydrogens (tertiary/aromatic N) is 2. The minimum absolute atomic E-state index is 0. The van der Waals surface area contributed by atoms with Crippen LogP contribution in [-0.4, -0.2) is 10.5 Å². The van der Waals surface area contributed by atoms with Crippen LogP contribution in [0.25, 0.3) is 0 Å². The van der Waals surface area contributed by atoms with Gasteiger partial charge in [-0.2, -0.15) is 0 Å². The van der Waals surface area contributed by atoms with E-state index in [9.17, 15) is 4.79 Å². The number of carbonyl (C=O) groups is 1. The van der Waals surface area contributed by atoms with E-state index in [4.69, 9.17) is 55.9 Å². The number of benzene rings is 3. The molecule has 0 amide bonds. The molecule has 0 spiro atoms. The molecule has 0 aliphatic heterocycles. The lowest BCUT2D eigenvalue weighted by atomic mass is 10.1. The van der Waals surface area contributed by atoms with Crippen molar-refractivity contribution in [2.45, 2.75) is 32.7 Å². The van der Waals surface area contributed by atoms with Crippen LogP contribution in [-0.2, 0) is 29.2 Å². The van der Waals surface area contributed by atoms with E-state index in [1.54, 1.807) is 36.4 Å². The van der Waals surface area contributed by atoms with Gasteiger partial charge in [0.15, 0.2) is 0 Å². The fraction of sp³-hybridized carbons (Fsp3) is 0.185. The van der Waals surface area contributed by atoms with Crippen LogP contribution >= 0.6 is 46.4 Å². The Hall–Kier alpha value is -2.06. The minimum atomic E-state index is -0.356. The van der Waals surface area contributed by atoms with Gasteiger partial charge >= 0.3 is 5.97 Å². The third-order valence-corrected chi connectivity index (χ3v) is 6.59. The van der Waals surface area contributed by atoms with E-state index in [-0.39, 0.29) is 35.7 Å².